The summed E-state index contributed by atoms with van der Waals surface area (Å²) < 4.78 is 57.5. The van der Waals surface area contributed by atoms with Crippen molar-refractivity contribution < 1.29 is 26.8 Å². The molecular weight excluding hydrogens is 428 g/mol. The molecule has 0 radical (unpaired) electrons. The third kappa shape index (κ3) is 4.90. The van der Waals surface area contributed by atoms with Crippen molar-refractivity contribution in [3.63, 3.8) is 0 Å². The minimum Gasteiger partial charge on any atom is -0.441 e. The van der Waals surface area contributed by atoms with Gasteiger partial charge in [0.25, 0.3) is 0 Å². The molecule has 0 saturated carbocycles. The summed E-state index contributed by atoms with van der Waals surface area (Å²) in [5.74, 6) is 0.625. The van der Waals surface area contributed by atoms with Crippen molar-refractivity contribution in [2.75, 3.05) is 31.1 Å². The smallest absolute Gasteiger partial charge is 0.417 e. The first-order valence-electron chi connectivity index (χ1n) is 10.1. The lowest BCUT2D eigenvalue weighted by Gasteiger charge is -2.35. The summed E-state index contributed by atoms with van der Waals surface area (Å²) in [6.45, 7) is 1.82. The van der Waals surface area contributed by atoms with Gasteiger partial charge >= 0.3 is 6.18 Å². The number of carbonyl (C=O) groups is 1. The molecule has 4 rings (SSSR count). The van der Waals surface area contributed by atoms with Gasteiger partial charge in [0.2, 0.25) is 5.91 Å². The van der Waals surface area contributed by atoms with Crippen molar-refractivity contribution in [2.45, 2.75) is 19.0 Å². The van der Waals surface area contributed by atoms with Crippen molar-refractivity contribution >= 4 is 11.7 Å². The molecule has 0 N–H and O–H groups in total. The summed E-state index contributed by atoms with van der Waals surface area (Å²) in [7, 11) is 0. The Morgan fingerprint density at radius 2 is 1.75 bits per heavy atom. The van der Waals surface area contributed by atoms with Gasteiger partial charge in [-0.2, -0.15) is 13.2 Å². The van der Waals surface area contributed by atoms with Crippen molar-refractivity contribution in [1.82, 2.24) is 14.9 Å². The van der Waals surface area contributed by atoms with Gasteiger partial charge in [-0.05, 0) is 24.3 Å². The van der Waals surface area contributed by atoms with Gasteiger partial charge in [-0.1, -0.05) is 12.1 Å². The quantitative estimate of drug-likeness (QED) is 0.548. The number of piperazine rings is 1. The van der Waals surface area contributed by atoms with E-state index in [9.17, 15) is 22.4 Å². The maximum atomic E-state index is 13.9. The van der Waals surface area contributed by atoms with Crippen LogP contribution in [0.15, 0.2) is 53.2 Å². The monoisotopic (exact) mass is 448 g/mol. The molecule has 1 aliphatic rings. The number of hydrogen-bond acceptors (Lipinski definition) is 5. The molecule has 32 heavy (non-hydrogen) atoms. The van der Waals surface area contributed by atoms with E-state index in [0.717, 1.165) is 12.3 Å². The molecule has 168 valence electrons. The van der Waals surface area contributed by atoms with E-state index in [1.807, 2.05) is 4.90 Å². The van der Waals surface area contributed by atoms with Gasteiger partial charge in [-0.25, -0.2) is 14.4 Å². The SMILES string of the molecule is O=C(CCc1ncc(-c2ccccc2F)o1)N1CCN(c2ccc(C(F)(F)F)cn2)CC1. The molecule has 3 aromatic rings. The average Bonchev–Trinajstić information content (AvgIpc) is 3.26. The highest BCUT2D eigenvalue weighted by Gasteiger charge is 2.31. The van der Waals surface area contributed by atoms with Crippen LogP contribution in [0, 0.1) is 5.82 Å². The van der Waals surface area contributed by atoms with Gasteiger partial charge in [0.05, 0.1) is 17.3 Å². The molecule has 1 fully saturated rings. The zero-order valence-electron chi connectivity index (χ0n) is 17.0. The molecule has 0 aliphatic carbocycles. The van der Waals surface area contributed by atoms with Gasteiger partial charge in [0.15, 0.2) is 11.7 Å². The summed E-state index contributed by atoms with van der Waals surface area (Å²) in [6.07, 6.45) is -1.69. The maximum Gasteiger partial charge on any atom is 0.417 e. The second-order valence-corrected chi connectivity index (χ2v) is 7.37. The highest BCUT2D eigenvalue weighted by Crippen LogP contribution is 2.29. The van der Waals surface area contributed by atoms with Crippen LogP contribution in [-0.2, 0) is 17.4 Å². The van der Waals surface area contributed by atoms with E-state index in [1.54, 1.807) is 23.1 Å². The molecule has 0 atom stereocenters. The minimum atomic E-state index is -4.42. The number of oxazole rings is 1. The van der Waals surface area contributed by atoms with Crippen molar-refractivity contribution in [3.8, 4) is 11.3 Å². The van der Waals surface area contributed by atoms with Gasteiger partial charge in [-0.15, -0.1) is 0 Å². The number of carbonyl (C=O) groups excluding carboxylic acids is 1. The van der Waals surface area contributed by atoms with Crippen LogP contribution in [0.4, 0.5) is 23.4 Å². The number of anilines is 1. The lowest BCUT2D eigenvalue weighted by Crippen LogP contribution is -2.49. The van der Waals surface area contributed by atoms with Gasteiger partial charge in [-0.3, -0.25) is 4.79 Å². The minimum absolute atomic E-state index is 0.0735. The first kappa shape index (κ1) is 21.8. The normalized spacial score (nSPS) is 14.6. The third-order valence-corrected chi connectivity index (χ3v) is 5.28. The van der Waals surface area contributed by atoms with E-state index in [2.05, 4.69) is 9.97 Å². The van der Waals surface area contributed by atoms with E-state index in [0.29, 0.717) is 49.2 Å². The topological polar surface area (TPSA) is 62.5 Å². The molecule has 10 heteroatoms. The fourth-order valence-electron chi connectivity index (χ4n) is 3.51. The second-order valence-electron chi connectivity index (χ2n) is 7.37. The predicted molar refractivity (Wildman–Crippen MR) is 108 cm³/mol. The van der Waals surface area contributed by atoms with Crippen LogP contribution in [-0.4, -0.2) is 47.0 Å². The van der Waals surface area contributed by atoms with Crippen molar-refractivity contribution in [3.05, 3.63) is 66.1 Å². The summed E-state index contributed by atoms with van der Waals surface area (Å²) >= 11 is 0. The fraction of sp³-hybridized carbons (Fsp3) is 0.318. The van der Waals surface area contributed by atoms with Crippen LogP contribution in [0.1, 0.15) is 17.9 Å². The average molecular weight is 448 g/mol. The van der Waals surface area contributed by atoms with Gasteiger partial charge < -0.3 is 14.2 Å². The number of halogens is 4. The van der Waals surface area contributed by atoms with E-state index in [4.69, 9.17) is 4.42 Å². The number of rotatable bonds is 5. The number of aryl methyl sites for hydroxylation is 1. The molecule has 3 heterocycles. The van der Waals surface area contributed by atoms with Crippen LogP contribution in [0.25, 0.3) is 11.3 Å². The van der Waals surface area contributed by atoms with Crippen LogP contribution in [0.5, 0.6) is 0 Å². The largest absolute Gasteiger partial charge is 0.441 e. The Kier molecular flexibility index (Phi) is 6.11. The van der Waals surface area contributed by atoms with Gasteiger partial charge in [0.1, 0.15) is 11.6 Å². The summed E-state index contributed by atoms with van der Waals surface area (Å²) in [5.41, 5.74) is -0.481. The zero-order chi connectivity index (χ0) is 22.7. The molecule has 0 bridgehead atoms. The van der Waals surface area contributed by atoms with Gasteiger partial charge in [0, 0.05) is 45.2 Å². The van der Waals surface area contributed by atoms with Crippen LogP contribution in [0.2, 0.25) is 0 Å². The lowest BCUT2D eigenvalue weighted by atomic mass is 10.2. The fourth-order valence-corrected chi connectivity index (χ4v) is 3.51. The first-order chi connectivity index (χ1) is 15.3. The van der Waals surface area contributed by atoms with E-state index < -0.39 is 17.6 Å². The molecule has 1 aromatic carbocycles. The molecular formula is C22H20F4N4O2. The number of aromatic nitrogens is 2. The molecule has 1 amide bonds. The number of amides is 1. The summed E-state index contributed by atoms with van der Waals surface area (Å²) in [6, 6.07) is 8.56. The van der Waals surface area contributed by atoms with Crippen LogP contribution >= 0.6 is 0 Å². The van der Waals surface area contributed by atoms with E-state index >= 15 is 0 Å². The zero-order valence-corrected chi connectivity index (χ0v) is 17.0. The van der Waals surface area contributed by atoms with E-state index in [-0.39, 0.29) is 18.7 Å². The lowest BCUT2D eigenvalue weighted by molar-refractivity contribution is -0.137. The van der Waals surface area contributed by atoms with E-state index in [1.165, 1.54) is 18.3 Å². The Hall–Kier alpha value is -3.43. The number of hydrogen-bond donors (Lipinski definition) is 0. The Balaban J connectivity index is 1.28. The number of nitrogens with zero attached hydrogens (tertiary/aromatic N) is 4. The van der Waals surface area contributed by atoms with Crippen molar-refractivity contribution in [1.29, 1.82) is 0 Å². The molecule has 0 unspecified atom stereocenters. The highest BCUT2D eigenvalue weighted by molar-refractivity contribution is 5.76. The number of alkyl halides is 3. The van der Waals surface area contributed by atoms with Crippen molar-refractivity contribution in [2.24, 2.45) is 0 Å². The van der Waals surface area contributed by atoms with Crippen LogP contribution in [0.3, 0.4) is 0 Å². The Morgan fingerprint density at radius 3 is 2.41 bits per heavy atom. The Bertz CT molecular complexity index is 1070. The molecule has 2 aromatic heterocycles. The maximum absolute atomic E-state index is 13.9. The molecule has 1 saturated heterocycles. The Morgan fingerprint density at radius 1 is 1.00 bits per heavy atom. The number of benzene rings is 1. The molecule has 0 spiro atoms. The number of pyridine rings is 1. The highest BCUT2D eigenvalue weighted by atomic mass is 19.4. The third-order valence-electron chi connectivity index (χ3n) is 5.28. The van der Waals surface area contributed by atoms with Crippen LogP contribution < -0.4 is 4.90 Å². The summed E-state index contributed by atoms with van der Waals surface area (Å²) in [4.78, 5) is 24.1. The predicted octanol–water partition coefficient (Wildman–Crippen LogP) is 4.18. The Labute approximate surface area is 181 Å². The standard InChI is InChI=1S/C22H20F4N4O2/c23-17-4-2-1-3-16(17)18-14-28-20(32-18)7-8-21(31)30-11-9-29(10-12-30)19-6-5-15(13-27-19)22(24,25)26/h1-6,13-14H,7-12H2. The molecule has 6 nitrogen and oxygen atoms in total. The first-order valence-corrected chi connectivity index (χ1v) is 10.1. The summed E-state index contributed by atoms with van der Waals surface area (Å²) in [5, 5.41) is 0. The second kappa shape index (κ2) is 8.97. The molecule has 1 aliphatic heterocycles.